The summed E-state index contributed by atoms with van der Waals surface area (Å²) in [6.07, 6.45) is 0. The van der Waals surface area contributed by atoms with Crippen molar-refractivity contribution in [2.75, 3.05) is 11.1 Å². The van der Waals surface area contributed by atoms with Gasteiger partial charge in [-0.05, 0) is 59.0 Å². The molecular formula is C18H15N5O4S. The molecule has 1 heterocycles. The quantitative estimate of drug-likeness (QED) is 0.459. The Morgan fingerprint density at radius 3 is 2.29 bits per heavy atom. The van der Waals surface area contributed by atoms with Gasteiger partial charge in [0, 0.05) is 18.2 Å². The van der Waals surface area contributed by atoms with Crippen LogP contribution in [0.3, 0.4) is 0 Å². The molecule has 0 aliphatic rings. The molecule has 0 spiro atoms. The van der Waals surface area contributed by atoms with Gasteiger partial charge in [0.25, 0.3) is 0 Å². The van der Waals surface area contributed by atoms with Crippen LogP contribution in [0.4, 0.5) is 5.69 Å². The fourth-order valence-electron chi connectivity index (χ4n) is 2.33. The van der Waals surface area contributed by atoms with Gasteiger partial charge in [-0.1, -0.05) is 11.8 Å². The van der Waals surface area contributed by atoms with Crippen molar-refractivity contribution in [1.29, 1.82) is 0 Å². The molecular weight excluding hydrogens is 382 g/mol. The van der Waals surface area contributed by atoms with Gasteiger partial charge in [0.15, 0.2) is 5.78 Å². The lowest BCUT2D eigenvalue weighted by Gasteiger charge is -2.06. The van der Waals surface area contributed by atoms with Gasteiger partial charge >= 0.3 is 5.97 Å². The molecule has 10 heteroatoms. The first-order valence-corrected chi connectivity index (χ1v) is 9.08. The van der Waals surface area contributed by atoms with Crippen molar-refractivity contribution < 1.29 is 19.5 Å². The number of Topliss-reactive ketones (excluding diaryl/α,β-unsaturated/α-hetero) is 1. The topological polar surface area (TPSA) is 127 Å². The smallest absolute Gasteiger partial charge is 0.335 e. The molecule has 1 amide bonds. The minimum Gasteiger partial charge on any atom is -0.478 e. The van der Waals surface area contributed by atoms with Crippen molar-refractivity contribution in [3.8, 4) is 5.69 Å². The minimum absolute atomic E-state index is 0.116. The molecule has 2 N–H and O–H groups in total. The predicted octanol–water partition coefficient (Wildman–Crippen LogP) is 2.29. The fraction of sp³-hybridized carbons (Fsp3) is 0.111. The molecule has 142 valence electrons. The SMILES string of the molecule is CC(=O)Nc1ccc(C(=O)CSc2nnnn2-c2ccc(C(=O)O)cc2)cc1. The number of anilines is 1. The number of hydrogen-bond acceptors (Lipinski definition) is 7. The summed E-state index contributed by atoms with van der Waals surface area (Å²) in [6, 6.07) is 12.7. The van der Waals surface area contributed by atoms with Gasteiger partial charge in [0.2, 0.25) is 11.1 Å². The van der Waals surface area contributed by atoms with E-state index in [4.69, 9.17) is 5.11 Å². The average Bonchev–Trinajstić information content (AvgIpc) is 3.15. The molecule has 0 unspecified atom stereocenters. The van der Waals surface area contributed by atoms with Crippen molar-refractivity contribution in [3.05, 3.63) is 59.7 Å². The Morgan fingerprint density at radius 1 is 1.04 bits per heavy atom. The molecule has 0 aliphatic heterocycles. The van der Waals surface area contributed by atoms with Crippen LogP contribution in [0.25, 0.3) is 5.69 Å². The Balaban J connectivity index is 1.67. The van der Waals surface area contributed by atoms with Gasteiger partial charge in [-0.15, -0.1) is 5.10 Å². The number of ketones is 1. The number of tetrazole rings is 1. The van der Waals surface area contributed by atoms with E-state index in [1.54, 1.807) is 36.4 Å². The normalized spacial score (nSPS) is 10.5. The molecule has 0 fully saturated rings. The summed E-state index contributed by atoms with van der Waals surface area (Å²) in [5, 5.41) is 23.4. The van der Waals surface area contributed by atoms with Crippen LogP contribution in [0.1, 0.15) is 27.6 Å². The van der Waals surface area contributed by atoms with E-state index in [-0.39, 0.29) is 23.0 Å². The summed E-state index contributed by atoms with van der Waals surface area (Å²) in [7, 11) is 0. The highest BCUT2D eigenvalue weighted by atomic mass is 32.2. The van der Waals surface area contributed by atoms with Crippen molar-refractivity contribution in [2.45, 2.75) is 12.1 Å². The molecule has 0 saturated heterocycles. The van der Waals surface area contributed by atoms with Crippen LogP contribution in [0.5, 0.6) is 0 Å². The number of benzene rings is 2. The van der Waals surface area contributed by atoms with E-state index in [9.17, 15) is 14.4 Å². The van der Waals surface area contributed by atoms with Crippen molar-refractivity contribution in [1.82, 2.24) is 20.2 Å². The summed E-state index contributed by atoms with van der Waals surface area (Å²) >= 11 is 1.17. The van der Waals surface area contributed by atoms with Crippen molar-refractivity contribution in [3.63, 3.8) is 0 Å². The van der Waals surface area contributed by atoms with Gasteiger partial charge in [-0.3, -0.25) is 9.59 Å². The lowest BCUT2D eigenvalue weighted by Crippen LogP contribution is -2.07. The molecule has 9 nitrogen and oxygen atoms in total. The Bertz CT molecular complexity index is 1020. The highest BCUT2D eigenvalue weighted by Crippen LogP contribution is 2.20. The molecule has 0 radical (unpaired) electrons. The first-order valence-electron chi connectivity index (χ1n) is 8.10. The fourth-order valence-corrected chi connectivity index (χ4v) is 3.12. The molecule has 2 aromatic carbocycles. The monoisotopic (exact) mass is 397 g/mol. The number of amides is 1. The van der Waals surface area contributed by atoms with Crippen LogP contribution >= 0.6 is 11.8 Å². The van der Waals surface area contributed by atoms with E-state index in [1.165, 1.54) is 35.5 Å². The number of aromatic nitrogens is 4. The number of nitrogens with zero attached hydrogens (tertiary/aromatic N) is 4. The first kappa shape index (κ1) is 19.2. The van der Waals surface area contributed by atoms with Gasteiger partial charge < -0.3 is 10.4 Å². The van der Waals surface area contributed by atoms with E-state index in [0.717, 1.165) is 0 Å². The minimum atomic E-state index is -1.02. The predicted molar refractivity (Wildman–Crippen MR) is 102 cm³/mol. The van der Waals surface area contributed by atoms with E-state index in [1.807, 2.05) is 0 Å². The molecule has 3 aromatic rings. The van der Waals surface area contributed by atoms with Gasteiger partial charge in [0.1, 0.15) is 0 Å². The van der Waals surface area contributed by atoms with Crippen LogP contribution < -0.4 is 5.32 Å². The number of carboxylic acids is 1. The summed E-state index contributed by atoms with van der Waals surface area (Å²) in [5.41, 5.74) is 1.87. The van der Waals surface area contributed by atoms with E-state index in [2.05, 4.69) is 20.8 Å². The number of carboxylic acid groups (broad SMARTS) is 1. The number of carbonyl (C=O) groups is 3. The van der Waals surface area contributed by atoms with Crippen LogP contribution in [0, 0.1) is 0 Å². The van der Waals surface area contributed by atoms with Crippen LogP contribution in [-0.2, 0) is 4.79 Å². The molecule has 28 heavy (non-hydrogen) atoms. The molecule has 1 aromatic heterocycles. The van der Waals surface area contributed by atoms with Crippen LogP contribution in [-0.4, -0.2) is 48.7 Å². The van der Waals surface area contributed by atoms with Gasteiger partial charge in [0.05, 0.1) is 17.0 Å². The van der Waals surface area contributed by atoms with Crippen LogP contribution in [0.15, 0.2) is 53.7 Å². The second-order valence-corrected chi connectivity index (χ2v) is 6.64. The maximum absolute atomic E-state index is 12.4. The lowest BCUT2D eigenvalue weighted by molar-refractivity contribution is -0.114. The number of hydrogen-bond donors (Lipinski definition) is 2. The van der Waals surface area contributed by atoms with Gasteiger partial charge in [-0.2, -0.15) is 4.68 Å². The lowest BCUT2D eigenvalue weighted by atomic mass is 10.1. The number of aromatic carboxylic acids is 1. The Morgan fingerprint density at radius 2 is 1.68 bits per heavy atom. The Kier molecular flexibility index (Phi) is 5.80. The average molecular weight is 397 g/mol. The first-order chi connectivity index (χ1) is 13.4. The third kappa shape index (κ3) is 4.60. The number of thioether (sulfide) groups is 1. The zero-order valence-electron chi connectivity index (χ0n) is 14.7. The summed E-state index contributed by atoms with van der Waals surface area (Å²) in [5.74, 6) is -1.20. The van der Waals surface area contributed by atoms with E-state index in [0.29, 0.717) is 22.1 Å². The Hall–Kier alpha value is -3.53. The highest BCUT2D eigenvalue weighted by molar-refractivity contribution is 7.99. The summed E-state index contributed by atoms with van der Waals surface area (Å²) in [6.45, 7) is 1.41. The molecule has 0 bridgehead atoms. The van der Waals surface area contributed by atoms with Crippen molar-refractivity contribution >= 4 is 35.1 Å². The molecule has 3 rings (SSSR count). The summed E-state index contributed by atoms with van der Waals surface area (Å²) in [4.78, 5) is 34.4. The molecule has 0 atom stereocenters. The van der Waals surface area contributed by atoms with Gasteiger partial charge in [-0.25, -0.2) is 4.79 Å². The van der Waals surface area contributed by atoms with Crippen molar-refractivity contribution in [2.24, 2.45) is 0 Å². The second kappa shape index (κ2) is 8.44. The number of rotatable bonds is 7. The maximum atomic E-state index is 12.4. The number of nitrogens with one attached hydrogen (secondary N) is 1. The molecule has 0 aliphatic carbocycles. The Labute approximate surface area is 163 Å². The maximum Gasteiger partial charge on any atom is 0.335 e. The van der Waals surface area contributed by atoms with Crippen LogP contribution in [0.2, 0.25) is 0 Å². The second-order valence-electron chi connectivity index (χ2n) is 5.70. The third-order valence-electron chi connectivity index (χ3n) is 3.66. The van der Waals surface area contributed by atoms with E-state index >= 15 is 0 Å². The zero-order valence-corrected chi connectivity index (χ0v) is 15.5. The zero-order chi connectivity index (χ0) is 20.1. The highest BCUT2D eigenvalue weighted by Gasteiger charge is 2.13. The standard InChI is InChI=1S/C18H15N5O4S/c1-11(24)19-14-6-2-12(3-7-14)16(25)10-28-18-20-21-22-23(18)15-8-4-13(5-9-15)17(26)27/h2-9H,10H2,1H3,(H,19,24)(H,26,27). The summed E-state index contributed by atoms with van der Waals surface area (Å²) < 4.78 is 1.43. The number of carbonyl (C=O) groups excluding carboxylic acids is 2. The molecule has 0 saturated carbocycles. The largest absolute Gasteiger partial charge is 0.478 e. The van der Waals surface area contributed by atoms with E-state index < -0.39 is 5.97 Å². The third-order valence-corrected chi connectivity index (χ3v) is 4.58.